The van der Waals surface area contributed by atoms with Crippen molar-refractivity contribution in [3.8, 4) is 0 Å². The Balaban J connectivity index is 1.43. The lowest BCUT2D eigenvalue weighted by molar-refractivity contribution is 0.0687. The number of carbonyl (C=O) groups excluding carboxylic acids is 1. The van der Waals surface area contributed by atoms with Gasteiger partial charge in [-0.3, -0.25) is 4.79 Å². The van der Waals surface area contributed by atoms with Crippen LogP contribution in [0, 0.1) is 13.8 Å². The number of sulfonamides is 1. The van der Waals surface area contributed by atoms with Gasteiger partial charge in [0.05, 0.1) is 4.90 Å². The van der Waals surface area contributed by atoms with Gasteiger partial charge in [0.25, 0.3) is 5.91 Å². The van der Waals surface area contributed by atoms with E-state index in [4.69, 9.17) is 4.52 Å². The first-order valence-corrected chi connectivity index (χ1v) is 10.9. The molecule has 140 valence electrons. The van der Waals surface area contributed by atoms with Gasteiger partial charge in [0.15, 0.2) is 5.69 Å². The van der Waals surface area contributed by atoms with E-state index in [9.17, 15) is 13.2 Å². The molecule has 0 radical (unpaired) electrons. The van der Waals surface area contributed by atoms with Crippen LogP contribution in [0.2, 0.25) is 0 Å². The number of thiophene rings is 1. The third-order valence-corrected chi connectivity index (χ3v) is 7.99. The summed E-state index contributed by atoms with van der Waals surface area (Å²) in [6, 6.07) is 3.45. The van der Waals surface area contributed by atoms with Crippen LogP contribution in [-0.2, 0) is 10.0 Å². The van der Waals surface area contributed by atoms with Crippen molar-refractivity contribution in [3.05, 3.63) is 33.3 Å². The second-order valence-electron chi connectivity index (χ2n) is 6.86. The second-order valence-corrected chi connectivity index (χ2v) is 10.2. The topological polar surface area (TPSA) is 83.7 Å². The summed E-state index contributed by atoms with van der Waals surface area (Å²) in [5.41, 5.74) is 0.313. The number of nitrogens with zero attached hydrogens (tertiary/aromatic N) is 3. The van der Waals surface area contributed by atoms with E-state index in [-0.39, 0.29) is 19.0 Å². The Morgan fingerprint density at radius 1 is 1.19 bits per heavy atom. The van der Waals surface area contributed by atoms with E-state index in [1.165, 1.54) is 15.6 Å². The summed E-state index contributed by atoms with van der Waals surface area (Å²) in [6.45, 7) is 5.01. The monoisotopic (exact) mass is 395 g/mol. The van der Waals surface area contributed by atoms with E-state index in [2.05, 4.69) is 5.16 Å². The summed E-state index contributed by atoms with van der Waals surface area (Å²) in [4.78, 5) is 16.4. The molecule has 0 spiro atoms. The molecule has 1 aliphatic heterocycles. The molecule has 0 bridgehead atoms. The van der Waals surface area contributed by atoms with Crippen LogP contribution in [0.1, 0.15) is 44.8 Å². The zero-order valence-electron chi connectivity index (χ0n) is 14.8. The lowest BCUT2D eigenvalue weighted by Crippen LogP contribution is -2.50. The molecule has 0 unspecified atom stereocenters. The maximum Gasteiger partial charge on any atom is 0.276 e. The molecule has 26 heavy (non-hydrogen) atoms. The van der Waals surface area contributed by atoms with E-state index in [1.54, 1.807) is 17.0 Å². The van der Waals surface area contributed by atoms with Crippen molar-refractivity contribution < 1.29 is 17.7 Å². The molecular formula is C17H21N3O4S2. The summed E-state index contributed by atoms with van der Waals surface area (Å²) < 4.78 is 32.4. The highest BCUT2D eigenvalue weighted by atomic mass is 32.2. The van der Waals surface area contributed by atoms with Crippen LogP contribution in [0.4, 0.5) is 0 Å². The largest absolute Gasteiger partial charge is 0.360 e. The maximum atomic E-state index is 12.9. The van der Waals surface area contributed by atoms with E-state index in [0.717, 1.165) is 28.4 Å². The zero-order valence-corrected chi connectivity index (χ0v) is 16.4. The Kier molecular flexibility index (Phi) is 4.40. The highest BCUT2D eigenvalue weighted by Gasteiger charge is 2.34. The summed E-state index contributed by atoms with van der Waals surface area (Å²) in [6.07, 6.45) is 2.17. The quantitative estimate of drug-likeness (QED) is 0.794. The molecule has 2 aliphatic rings. The number of hydrogen-bond donors (Lipinski definition) is 0. The lowest BCUT2D eigenvalue weighted by Gasteiger charge is -2.33. The Bertz CT molecular complexity index is 935. The van der Waals surface area contributed by atoms with Crippen LogP contribution in [0.25, 0.3) is 0 Å². The van der Waals surface area contributed by atoms with Gasteiger partial charge in [-0.1, -0.05) is 5.16 Å². The molecule has 2 fully saturated rings. The smallest absolute Gasteiger partial charge is 0.276 e. The summed E-state index contributed by atoms with van der Waals surface area (Å²) in [5.74, 6) is 0.987. The van der Waals surface area contributed by atoms with Gasteiger partial charge in [-0.15, -0.1) is 11.3 Å². The predicted molar refractivity (Wildman–Crippen MR) is 96.9 cm³/mol. The average molecular weight is 396 g/mol. The van der Waals surface area contributed by atoms with Crippen LogP contribution in [0.15, 0.2) is 21.6 Å². The first-order valence-electron chi connectivity index (χ1n) is 8.69. The third kappa shape index (κ3) is 3.19. The first kappa shape index (κ1) is 17.7. The van der Waals surface area contributed by atoms with Gasteiger partial charge in [0.2, 0.25) is 10.0 Å². The minimum absolute atomic E-state index is 0.194. The van der Waals surface area contributed by atoms with Gasteiger partial charge in [0.1, 0.15) is 5.76 Å². The van der Waals surface area contributed by atoms with Gasteiger partial charge in [-0.25, -0.2) is 8.42 Å². The second kappa shape index (κ2) is 6.47. The van der Waals surface area contributed by atoms with E-state index >= 15 is 0 Å². The maximum absolute atomic E-state index is 12.9. The standard InChI is InChI=1S/C17H21N3O4S2/c1-11-9-16(12(2)25-11)26(22,23)20-7-5-19(6-8-20)17(21)14-10-15(24-18-14)13-3-4-13/h9-10,13H,3-8H2,1-2H3. The molecule has 0 aromatic carbocycles. The van der Waals surface area contributed by atoms with Crippen molar-refractivity contribution >= 4 is 27.3 Å². The molecule has 2 aromatic heterocycles. The molecular weight excluding hydrogens is 374 g/mol. The number of rotatable bonds is 4. The van der Waals surface area contributed by atoms with E-state index in [1.807, 2.05) is 13.8 Å². The number of aryl methyl sites for hydroxylation is 2. The predicted octanol–water partition coefficient (Wildman–Crippen LogP) is 2.38. The van der Waals surface area contributed by atoms with Crippen molar-refractivity contribution in [2.75, 3.05) is 26.2 Å². The molecule has 1 saturated heterocycles. The van der Waals surface area contributed by atoms with Gasteiger partial charge >= 0.3 is 0 Å². The SMILES string of the molecule is Cc1cc(S(=O)(=O)N2CCN(C(=O)c3cc(C4CC4)on3)CC2)c(C)s1. The Morgan fingerprint density at radius 3 is 2.46 bits per heavy atom. The minimum Gasteiger partial charge on any atom is -0.360 e. The van der Waals surface area contributed by atoms with Gasteiger partial charge in [-0.05, 0) is 32.8 Å². The minimum atomic E-state index is -3.51. The summed E-state index contributed by atoms with van der Waals surface area (Å²) in [7, 11) is -3.51. The fourth-order valence-electron chi connectivity index (χ4n) is 3.25. The van der Waals surface area contributed by atoms with Crippen molar-refractivity contribution in [2.45, 2.75) is 37.5 Å². The molecule has 9 heteroatoms. The molecule has 2 aromatic rings. The third-order valence-electron chi connectivity index (χ3n) is 4.87. The van der Waals surface area contributed by atoms with Crippen LogP contribution >= 0.6 is 11.3 Å². The van der Waals surface area contributed by atoms with Gasteiger partial charge < -0.3 is 9.42 Å². The van der Waals surface area contributed by atoms with Gasteiger partial charge in [-0.2, -0.15) is 4.31 Å². The number of carbonyl (C=O) groups is 1. The van der Waals surface area contributed by atoms with E-state index < -0.39 is 10.0 Å². The first-order chi connectivity index (χ1) is 12.4. The van der Waals surface area contributed by atoms with Crippen LogP contribution < -0.4 is 0 Å². The zero-order chi connectivity index (χ0) is 18.5. The summed E-state index contributed by atoms with van der Waals surface area (Å²) in [5, 5.41) is 3.89. The fourth-order valence-corrected chi connectivity index (χ4v) is 6.19. The summed E-state index contributed by atoms with van der Waals surface area (Å²) >= 11 is 1.48. The van der Waals surface area contributed by atoms with Crippen LogP contribution in [-0.4, -0.2) is 54.9 Å². The Labute approximate surface area is 156 Å². The average Bonchev–Trinajstić information content (AvgIpc) is 3.24. The number of aromatic nitrogens is 1. The van der Waals surface area contributed by atoms with Crippen molar-refractivity contribution in [1.82, 2.24) is 14.4 Å². The lowest BCUT2D eigenvalue weighted by atomic mass is 10.2. The Hall–Kier alpha value is -1.71. The molecule has 0 atom stereocenters. The normalized spacial score (nSPS) is 19.1. The molecule has 1 amide bonds. The number of piperazine rings is 1. The molecule has 7 nitrogen and oxygen atoms in total. The molecule has 4 rings (SSSR count). The number of hydrogen-bond acceptors (Lipinski definition) is 6. The molecule has 1 aliphatic carbocycles. The van der Waals surface area contributed by atoms with Crippen molar-refractivity contribution in [2.24, 2.45) is 0 Å². The highest BCUT2D eigenvalue weighted by Crippen LogP contribution is 2.40. The number of amides is 1. The van der Waals surface area contributed by atoms with Crippen molar-refractivity contribution in [3.63, 3.8) is 0 Å². The van der Waals surface area contributed by atoms with Gasteiger partial charge in [0, 0.05) is 47.9 Å². The van der Waals surface area contributed by atoms with Crippen LogP contribution in [0.5, 0.6) is 0 Å². The van der Waals surface area contributed by atoms with Crippen LogP contribution in [0.3, 0.4) is 0 Å². The molecule has 0 N–H and O–H groups in total. The molecule has 1 saturated carbocycles. The fraction of sp³-hybridized carbons (Fsp3) is 0.529. The van der Waals surface area contributed by atoms with E-state index in [0.29, 0.717) is 29.6 Å². The van der Waals surface area contributed by atoms with Crippen molar-refractivity contribution in [1.29, 1.82) is 0 Å². The highest BCUT2D eigenvalue weighted by molar-refractivity contribution is 7.89. The molecule has 3 heterocycles. The Morgan fingerprint density at radius 2 is 1.88 bits per heavy atom.